The molecular formula is C20H21NO6S. The summed E-state index contributed by atoms with van der Waals surface area (Å²) in [6, 6.07) is 13.4. The summed E-state index contributed by atoms with van der Waals surface area (Å²) < 4.78 is 43.4. The molecule has 3 rings (SSSR count). The van der Waals surface area contributed by atoms with Gasteiger partial charge in [-0.05, 0) is 31.2 Å². The summed E-state index contributed by atoms with van der Waals surface area (Å²) in [6.07, 6.45) is 0.225. The van der Waals surface area contributed by atoms with Crippen molar-refractivity contribution in [1.29, 1.82) is 0 Å². The van der Waals surface area contributed by atoms with Crippen molar-refractivity contribution in [2.75, 3.05) is 20.8 Å². The van der Waals surface area contributed by atoms with E-state index in [-0.39, 0.29) is 17.2 Å². The maximum Gasteiger partial charge on any atom is 0.332 e. The average molecular weight is 403 g/mol. The van der Waals surface area contributed by atoms with E-state index in [4.69, 9.17) is 9.47 Å². The van der Waals surface area contributed by atoms with Crippen molar-refractivity contribution >= 4 is 16.0 Å². The van der Waals surface area contributed by atoms with Crippen LogP contribution in [0.2, 0.25) is 0 Å². The van der Waals surface area contributed by atoms with Gasteiger partial charge in [0.05, 0.1) is 31.4 Å². The van der Waals surface area contributed by atoms with Gasteiger partial charge in [0, 0.05) is 11.6 Å². The molecule has 0 saturated carbocycles. The molecule has 1 atom stereocenters. The van der Waals surface area contributed by atoms with E-state index in [1.165, 1.54) is 19.2 Å². The molecule has 28 heavy (non-hydrogen) atoms. The fourth-order valence-electron chi connectivity index (χ4n) is 2.85. The summed E-state index contributed by atoms with van der Waals surface area (Å²) in [5.41, 5.74) is 1.76. The zero-order valence-electron chi connectivity index (χ0n) is 15.8. The molecule has 0 radical (unpaired) electrons. The van der Waals surface area contributed by atoms with Crippen LogP contribution in [0.4, 0.5) is 0 Å². The molecule has 2 aromatic carbocycles. The first-order valence-electron chi connectivity index (χ1n) is 8.52. The standard InChI is InChI=1S/C20H21NO6S/c1-14-4-10-18(11-5-14)28(23,24)21-16(12-19(22)26-3)13-27-20(21)15-6-8-17(25-2)9-7-15/h4-12,20H,13H2,1-3H3/b16-12+. The van der Waals surface area contributed by atoms with Crippen LogP contribution in [0.15, 0.2) is 65.2 Å². The molecule has 1 heterocycles. The number of sulfonamides is 1. The fraction of sp³-hybridized carbons (Fsp3) is 0.250. The van der Waals surface area contributed by atoms with E-state index in [1.54, 1.807) is 43.5 Å². The van der Waals surface area contributed by atoms with Crippen LogP contribution in [0.3, 0.4) is 0 Å². The SMILES string of the molecule is COC(=O)/C=C1\COC(c2ccc(OC)cc2)N1S(=O)(=O)c1ccc(C)cc1. The lowest BCUT2D eigenvalue weighted by Gasteiger charge is -2.26. The molecule has 1 unspecified atom stereocenters. The molecule has 1 saturated heterocycles. The third-order valence-electron chi connectivity index (χ3n) is 4.35. The Hall–Kier alpha value is -2.84. The Kier molecular flexibility index (Phi) is 5.71. The monoisotopic (exact) mass is 403 g/mol. The Labute approximate surface area is 164 Å². The van der Waals surface area contributed by atoms with Gasteiger partial charge in [-0.3, -0.25) is 0 Å². The van der Waals surface area contributed by atoms with E-state index in [2.05, 4.69) is 4.74 Å². The average Bonchev–Trinajstić information content (AvgIpc) is 3.12. The topological polar surface area (TPSA) is 82.1 Å². The Balaban J connectivity index is 2.08. The van der Waals surface area contributed by atoms with E-state index in [9.17, 15) is 13.2 Å². The molecule has 1 fully saturated rings. The van der Waals surface area contributed by atoms with Crippen molar-refractivity contribution in [2.45, 2.75) is 18.0 Å². The number of ether oxygens (including phenoxy) is 3. The lowest BCUT2D eigenvalue weighted by atomic mass is 10.2. The molecule has 0 spiro atoms. The smallest absolute Gasteiger partial charge is 0.332 e. The number of rotatable bonds is 5. The number of benzene rings is 2. The van der Waals surface area contributed by atoms with Crippen molar-refractivity contribution in [3.8, 4) is 5.75 Å². The highest BCUT2D eigenvalue weighted by Gasteiger charge is 2.40. The first-order chi connectivity index (χ1) is 13.4. The van der Waals surface area contributed by atoms with Gasteiger partial charge in [0.15, 0.2) is 6.23 Å². The molecule has 0 N–H and O–H groups in total. The number of hydrogen-bond donors (Lipinski definition) is 0. The fourth-order valence-corrected chi connectivity index (χ4v) is 4.41. The van der Waals surface area contributed by atoms with Gasteiger partial charge in [-0.15, -0.1) is 0 Å². The number of esters is 1. The van der Waals surface area contributed by atoms with Gasteiger partial charge in [0.25, 0.3) is 10.0 Å². The van der Waals surface area contributed by atoms with Crippen molar-refractivity contribution in [1.82, 2.24) is 4.31 Å². The van der Waals surface area contributed by atoms with Gasteiger partial charge in [-0.25, -0.2) is 17.5 Å². The Morgan fingerprint density at radius 1 is 1.11 bits per heavy atom. The number of nitrogens with zero attached hydrogens (tertiary/aromatic N) is 1. The van der Waals surface area contributed by atoms with Crippen LogP contribution in [0, 0.1) is 6.92 Å². The summed E-state index contributed by atoms with van der Waals surface area (Å²) >= 11 is 0. The second-order valence-electron chi connectivity index (χ2n) is 6.21. The van der Waals surface area contributed by atoms with Crippen LogP contribution < -0.4 is 4.74 Å². The van der Waals surface area contributed by atoms with E-state index < -0.39 is 22.2 Å². The molecule has 2 aromatic rings. The normalized spacial score (nSPS) is 18.3. The van der Waals surface area contributed by atoms with Crippen molar-refractivity contribution in [2.24, 2.45) is 0 Å². The summed E-state index contributed by atoms with van der Waals surface area (Å²) in [7, 11) is -1.19. The minimum atomic E-state index is -3.97. The van der Waals surface area contributed by atoms with E-state index in [0.717, 1.165) is 15.9 Å². The number of methoxy groups -OCH3 is 2. The summed E-state index contributed by atoms with van der Waals surface area (Å²) in [6.45, 7) is 1.83. The molecule has 0 aliphatic carbocycles. The maximum absolute atomic E-state index is 13.4. The number of carbonyl (C=O) groups excluding carboxylic acids is 1. The van der Waals surface area contributed by atoms with Crippen LogP contribution in [0.1, 0.15) is 17.4 Å². The maximum atomic E-state index is 13.4. The summed E-state index contributed by atoms with van der Waals surface area (Å²) in [5, 5.41) is 0. The van der Waals surface area contributed by atoms with Crippen LogP contribution in [-0.2, 0) is 24.3 Å². The molecule has 7 nitrogen and oxygen atoms in total. The van der Waals surface area contributed by atoms with Gasteiger partial charge in [0.1, 0.15) is 5.75 Å². The van der Waals surface area contributed by atoms with Crippen LogP contribution in [0.25, 0.3) is 0 Å². The Bertz CT molecular complexity index is 980. The number of carbonyl (C=O) groups is 1. The molecule has 1 aliphatic heterocycles. The third kappa shape index (κ3) is 3.88. The Morgan fingerprint density at radius 2 is 1.75 bits per heavy atom. The van der Waals surface area contributed by atoms with Crippen molar-refractivity contribution in [3.05, 3.63) is 71.4 Å². The van der Waals surface area contributed by atoms with Gasteiger partial charge >= 0.3 is 5.97 Å². The molecular weight excluding hydrogens is 382 g/mol. The largest absolute Gasteiger partial charge is 0.497 e. The molecule has 0 bridgehead atoms. The zero-order chi connectivity index (χ0) is 20.3. The molecule has 8 heteroatoms. The highest BCUT2D eigenvalue weighted by atomic mass is 32.2. The number of aryl methyl sites for hydroxylation is 1. The van der Waals surface area contributed by atoms with E-state index >= 15 is 0 Å². The minimum Gasteiger partial charge on any atom is -0.497 e. The highest BCUT2D eigenvalue weighted by Crippen LogP contribution is 2.38. The lowest BCUT2D eigenvalue weighted by Crippen LogP contribution is -2.30. The van der Waals surface area contributed by atoms with Gasteiger partial charge in [-0.1, -0.05) is 29.8 Å². The third-order valence-corrected chi connectivity index (χ3v) is 6.16. The first-order valence-corrected chi connectivity index (χ1v) is 9.96. The van der Waals surface area contributed by atoms with Gasteiger partial charge in [0.2, 0.25) is 0 Å². The summed E-state index contributed by atoms with van der Waals surface area (Å²) in [5.74, 6) is -0.0156. The van der Waals surface area contributed by atoms with Crippen molar-refractivity contribution < 1.29 is 27.4 Å². The number of hydrogen-bond acceptors (Lipinski definition) is 6. The lowest BCUT2D eigenvalue weighted by molar-refractivity contribution is -0.134. The predicted molar refractivity (Wildman–Crippen MR) is 102 cm³/mol. The van der Waals surface area contributed by atoms with Crippen LogP contribution in [0.5, 0.6) is 5.75 Å². The van der Waals surface area contributed by atoms with E-state index in [0.29, 0.717) is 11.3 Å². The quantitative estimate of drug-likeness (QED) is 0.564. The van der Waals surface area contributed by atoms with Crippen molar-refractivity contribution in [3.63, 3.8) is 0 Å². The van der Waals surface area contributed by atoms with Crippen LogP contribution >= 0.6 is 0 Å². The highest BCUT2D eigenvalue weighted by molar-refractivity contribution is 7.89. The molecule has 0 aromatic heterocycles. The van der Waals surface area contributed by atoms with Gasteiger partial charge in [-0.2, -0.15) is 0 Å². The Morgan fingerprint density at radius 3 is 2.32 bits per heavy atom. The minimum absolute atomic E-state index is 0.0448. The zero-order valence-corrected chi connectivity index (χ0v) is 16.6. The second kappa shape index (κ2) is 8.04. The molecule has 148 valence electrons. The van der Waals surface area contributed by atoms with E-state index in [1.807, 2.05) is 6.92 Å². The predicted octanol–water partition coefficient (Wildman–Crippen LogP) is 2.78. The second-order valence-corrected chi connectivity index (χ2v) is 8.02. The summed E-state index contributed by atoms with van der Waals surface area (Å²) in [4.78, 5) is 11.9. The van der Waals surface area contributed by atoms with Gasteiger partial charge < -0.3 is 14.2 Å². The first kappa shape index (κ1) is 19.9. The molecule has 0 amide bonds. The molecule has 1 aliphatic rings. The van der Waals surface area contributed by atoms with Crippen LogP contribution in [-0.4, -0.2) is 39.5 Å².